The van der Waals surface area contributed by atoms with Crippen LogP contribution in [-0.2, 0) is 14.3 Å². The van der Waals surface area contributed by atoms with Crippen LogP contribution in [0.4, 0.5) is 5.69 Å². The van der Waals surface area contributed by atoms with E-state index in [4.69, 9.17) is 8.92 Å². The number of hydrogen-bond donors (Lipinski definition) is 0. The molecule has 2 rings (SSSR count). The number of ether oxygens (including phenoxy) is 1. The zero-order chi connectivity index (χ0) is 16.3. The molecule has 1 aromatic rings. The SMILES string of the molecule is COc1ccc(N=C(SC)N2CC(OS(C)(=O)=O)C2)c(C)n1. The lowest BCUT2D eigenvalue weighted by molar-refractivity contribution is 0.0767. The van der Waals surface area contributed by atoms with Crippen molar-refractivity contribution in [3.05, 3.63) is 17.8 Å². The molecule has 0 N–H and O–H groups in total. The minimum atomic E-state index is -3.41. The van der Waals surface area contributed by atoms with E-state index in [0.29, 0.717) is 19.0 Å². The number of hydrogen-bond acceptors (Lipinski definition) is 7. The Hall–Kier alpha value is -1.32. The number of likely N-dealkylation sites (tertiary alicyclic amines) is 1. The van der Waals surface area contributed by atoms with E-state index >= 15 is 0 Å². The van der Waals surface area contributed by atoms with Crippen LogP contribution in [-0.4, -0.2) is 62.3 Å². The average molecular weight is 345 g/mol. The molecule has 0 atom stereocenters. The molecule has 0 spiro atoms. The number of pyridine rings is 1. The molecule has 1 fully saturated rings. The maximum atomic E-state index is 11.1. The van der Waals surface area contributed by atoms with Gasteiger partial charge in [0.15, 0.2) is 5.17 Å². The molecular weight excluding hydrogens is 326 g/mol. The third-order valence-corrected chi connectivity index (χ3v) is 4.41. The zero-order valence-electron chi connectivity index (χ0n) is 12.9. The molecule has 0 amide bonds. The fourth-order valence-corrected chi connectivity index (χ4v) is 3.23. The highest BCUT2D eigenvalue weighted by Crippen LogP contribution is 2.25. The lowest BCUT2D eigenvalue weighted by atomic mass is 10.2. The molecule has 122 valence electrons. The monoisotopic (exact) mass is 345 g/mol. The van der Waals surface area contributed by atoms with Crippen molar-refractivity contribution in [2.75, 3.05) is 32.7 Å². The van der Waals surface area contributed by atoms with Crippen molar-refractivity contribution in [3.63, 3.8) is 0 Å². The third-order valence-electron chi connectivity index (χ3n) is 3.07. The number of amidine groups is 1. The van der Waals surface area contributed by atoms with Gasteiger partial charge in [0, 0.05) is 19.2 Å². The molecule has 0 aliphatic carbocycles. The number of thioether (sulfide) groups is 1. The Morgan fingerprint density at radius 1 is 1.45 bits per heavy atom. The molecule has 22 heavy (non-hydrogen) atoms. The van der Waals surface area contributed by atoms with E-state index in [-0.39, 0.29) is 6.10 Å². The van der Waals surface area contributed by atoms with Crippen molar-refractivity contribution in [2.24, 2.45) is 4.99 Å². The Kier molecular flexibility index (Phi) is 5.30. The summed E-state index contributed by atoms with van der Waals surface area (Å²) in [6.45, 7) is 2.88. The minimum absolute atomic E-state index is 0.303. The van der Waals surface area contributed by atoms with E-state index < -0.39 is 10.1 Å². The molecular formula is C13H19N3O4S2. The lowest BCUT2D eigenvalue weighted by Crippen LogP contribution is -2.54. The van der Waals surface area contributed by atoms with Crippen molar-refractivity contribution in [3.8, 4) is 5.88 Å². The maximum Gasteiger partial charge on any atom is 0.264 e. The number of aromatic nitrogens is 1. The molecule has 1 aliphatic heterocycles. The van der Waals surface area contributed by atoms with E-state index in [2.05, 4.69) is 9.98 Å². The van der Waals surface area contributed by atoms with Crippen LogP contribution in [0.15, 0.2) is 17.1 Å². The molecule has 0 saturated carbocycles. The van der Waals surface area contributed by atoms with Crippen molar-refractivity contribution < 1.29 is 17.3 Å². The molecule has 0 unspecified atom stereocenters. The molecule has 1 aromatic heterocycles. The van der Waals surface area contributed by atoms with Crippen molar-refractivity contribution in [1.29, 1.82) is 0 Å². The first kappa shape index (κ1) is 17.0. The van der Waals surface area contributed by atoms with Gasteiger partial charge < -0.3 is 9.64 Å². The lowest BCUT2D eigenvalue weighted by Gasteiger charge is -2.39. The topological polar surface area (TPSA) is 81.1 Å². The van der Waals surface area contributed by atoms with E-state index in [1.807, 2.05) is 24.1 Å². The normalized spacial score (nSPS) is 16.5. The highest BCUT2D eigenvalue weighted by molar-refractivity contribution is 8.13. The van der Waals surface area contributed by atoms with Crippen LogP contribution in [0.25, 0.3) is 0 Å². The summed E-state index contributed by atoms with van der Waals surface area (Å²) in [6, 6.07) is 3.61. The Balaban J connectivity index is 2.07. The van der Waals surface area contributed by atoms with Gasteiger partial charge >= 0.3 is 0 Å². The summed E-state index contributed by atoms with van der Waals surface area (Å²) in [7, 11) is -1.84. The first-order chi connectivity index (χ1) is 10.3. The van der Waals surface area contributed by atoms with E-state index in [1.54, 1.807) is 13.2 Å². The predicted octanol–water partition coefficient (Wildman–Crippen LogP) is 1.41. The van der Waals surface area contributed by atoms with Crippen molar-refractivity contribution in [1.82, 2.24) is 9.88 Å². The van der Waals surface area contributed by atoms with E-state index in [9.17, 15) is 8.42 Å². The van der Waals surface area contributed by atoms with Crippen molar-refractivity contribution in [2.45, 2.75) is 13.0 Å². The predicted molar refractivity (Wildman–Crippen MR) is 87.4 cm³/mol. The van der Waals surface area contributed by atoms with Crippen LogP contribution >= 0.6 is 11.8 Å². The van der Waals surface area contributed by atoms with Gasteiger partial charge in [0.25, 0.3) is 10.1 Å². The third kappa shape index (κ3) is 4.34. The number of aliphatic imine (C=N–C) groups is 1. The van der Waals surface area contributed by atoms with Crippen LogP contribution in [0, 0.1) is 6.92 Å². The standard InChI is InChI=1S/C13H19N3O4S2/c1-9-11(5-6-12(14-9)19-2)15-13(21-3)16-7-10(8-16)20-22(4,17)18/h5-6,10H,7-8H2,1-4H3. The fourth-order valence-electron chi connectivity index (χ4n) is 2.01. The quantitative estimate of drug-likeness (QED) is 0.463. The Morgan fingerprint density at radius 2 is 2.14 bits per heavy atom. The molecule has 0 bridgehead atoms. The smallest absolute Gasteiger partial charge is 0.264 e. The first-order valence-electron chi connectivity index (χ1n) is 6.60. The number of rotatable bonds is 4. The van der Waals surface area contributed by atoms with Gasteiger partial charge in [-0.05, 0) is 19.2 Å². The largest absolute Gasteiger partial charge is 0.481 e. The molecule has 0 aromatic carbocycles. The second kappa shape index (κ2) is 6.84. The molecule has 1 aliphatic rings. The number of nitrogens with zero attached hydrogens (tertiary/aromatic N) is 3. The second-order valence-electron chi connectivity index (χ2n) is 4.88. The van der Waals surface area contributed by atoms with Gasteiger partial charge in [0.1, 0.15) is 6.10 Å². The van der Waals surface area contributed by atoms with E-state index in [1.165, 1.54) is 11.8 Å². The molecule has 7 nitrogen and oxygen atoms in total. The van der Waals surface area contributed by atoms with Crippen molar-refractivity contribution >= 4 is 32.7 Å². The van der Waals surface area contributed by atoms with Gasteiger partial charge in [-0.25, -0.2) is 9.98 Å². The second-order valence-corrected chi connectivity index (χ2v) is 7.26. The first-order valence-corrected chi connectivity index (χ1v) is 9.64. The fraction of sp³-hybridized carbons (Fsp3) is 0.538. The Morgan fingerprint density at radius 3 is 2.64 bits per heavy atom. The summed E-state index contributed by atoms with van der Waals surface area (Å²) < 4.78 is 32.2. The number of aryl methyl sites for hydroxylation is 1. The summed E-state index contributed by atoms with van der Waals surface area (Å²) >= 11 is 1.50. The summed E-state index contributed by atoms with van der Waals surface area (Å²) in [6.07, 6.45) is 2.68. The van der Waals surface area contributed by atoms with Crippen LogP contribution in [0.2, 0.25) is 0 Å². The molecule has 9 heteroatoms. The summed E-state index contributed by atoms with van der Waals surface area (Å²) in [5, 5.41) is 0.809. The summed E-state index contributed by atoms with van der Waals surface area (Å²) in [5.74, 6) is 0.549. The highest BCUT2D eigenvalue weighted by Gasteiger charge is 2.32. The maximum absolute atomic E-state index is 11.1. The molecule has 2 heterocycles. The van der Waals surface area contributed by atoms with Gasteiger partial charge in [-0.1, -0.05) is 11.8 Å². The van der Waals surface area contributed by atoms with Gasteiger partial charge in [-0.3, -0.25) is 4.18 Å². The van der Waals surface area contributed by atoms with Crippen LogP contribution in [0.3, 0.4) is 0 Å². The Labute approximate surface area is 134 Å². The van der Waals surface area contributed by atoms with Crippen LogP contribution in [0.1, 0.15) is 5.69 Å². The van der Waals surface area contributed by atoms with Gasteiger partial charge in [-0.2, -0.15) is 8.42 Å². The van der Waals surface area contributed by atoms with Gasteiger partial charge in [0.2, 0.25) is 5.88 Å². The van der Waals surface area contributed by atoms with Gasteiger partial charge in [0.05, 0.1) is 24.7 Å². The average Bonchev–Trinajstić information content (AvgIpc) is 2.40. The van der Waals surface area contributed by atoms with Gasteiger partial charge in [-0.15, -0.1) is 0 Å². The Bertz CT molecular complexity index is 670. The van der Waals surface area contributed by atoms with Crippen LogP contribution in [0.5, 0.6) is 5.88 Å². The minimum Gasteiger partial charge on any atom is -0.481 e. The summed E-state index contributed by atoms with van der Waals surface area (Å²) in [4.78, 5) is 10.8. The summed E-state index contributed by atoms with van der Waals surface area (Å²) in [5.41, 5.74) is 1.54. The van der Waals surface area contributed by atoms with Crippen LogP contribution < -0.4 is 4.74 Å². The molecule has 1 saturated heterocycles. The zero-order valence-corrected chi connectivity index (χ0v) is 14.6. The van der Waals surface area contributed by atoms with E-state index in [0.717, 1.165) is 22.8 Å². The number of methoxy groups -OCH3 is 1. The highest BCUT2D eigenvalue weighted by atomic mass is 32.2. The molecule has 0 radical (unpaired) electrons.